The molecule has 1 atom stereocenters. The van der Waals surface area contributed by atoms with Crippen LogP contribution >= 0.6 is 15.9 Å². The van der Waals surface area contributed by atoms with E-state index in [9.17, 15) is 23.1 Å². The van der Waals surface area contributed by atoms with E-state index < -0.39 is 24.2 Å². The number of hydrogen-bond donors (Lipinski definition) is 1. The van der Waals surface area contributed by atoms with E-state index in [4.69, 9.17) is 0 Å². The molecule has 0 aliphatic carbocycles. The smallest absolute Gasteiger partial charge is 0.375 e. The zero-order chi connectivity index (χ0) is 14.3. The first kappa shape index (κ1) is 14.3. The van der Waals surface area contributed by atoms with Gasteiger partial charge in [0.05, 0.1) is 0 Å². The van der Waals surface area contributed by atoms with Crippen LogP contribution in [0.1, 0.15) is 12.0 Å². The van der Waals surface area contributed by atoms with Gasteiger partial charge in [-0.05, 0) is 17.7 Å². The van der Waals surface area contributed by atoms with E-state index in [0.29, 0.717) is 14.9 Å². The van der Waals surface area contributed by atoms with Gasteiger partial charge in [0.25, 0.3) is 5.91 Å². The van der Waals surface area contributed by atoms with E-state index in [1.807, 2.05) is 0 Å². The first-order chi connectivity index (χ1) is 8.72. The van der Waals surface area contributed by atoms with Crippen molar-refractivity contribution in [3.63, 3.8) is 0 Å². The second kappa shape index (κ2) is 4.79. The van der Waals surface area contributed by atoms with Crippen molar-refractivity contribution in [3.05, 3.63) is 34.3 Å². The molecule has 7 heteroatoms. The normalized spacial score (nSPS) is 24.1. The van der Waals surface area contributed by atoms with Gasteiger partial charge in [0.2, 0.25) is 0 Å². The van der Waals surface area contributed by atoms with E-state index in [1.165, 1.54) is 12.1 Å². The molecule has 1 saturated heterocycles. The fraction of sp³-hybridized carbons (Fsp3) is 0.417. The first-order valence-corrected chi connectivity index (χ1v) is 6.36. The Morgan fingerprint density at radius 1 is 1.42 bits per heavy atom. The lowest BCUT2D eigenvalue weighted by Gasteiger charge is -2.23. The number of benzene rings is 1. The van der Waals surface area contributed by atoms with E-state index in [1.54, 1.807) is 12.1 Å². The SMILES string of the molecule is O=C1N(CC(F)(F)F)CCC1(O)c1cccc(Br)c1. The van der Waals surface area contributed by atoms with Crippen molar-refractivity contribution >= 4 is 21.8 Å². The fourth-order valence-corrected chi connectivity index (χ4v) is 2.55. The third-order valence-corrected chi connectivity index (χ3v) is 3.55. The number of hydrogen-bond acceptors (Lipinski definition) is 2. The predicted octanol–water partition coefficient (Wildman–Crippen LogP) is 2.43. The van der Waals surface area contributed by atoms with Crippen LogP contribution in [0.15, 0.2) is 28.7 Å². The van der Waals surface area contributed by atoms with Gasteiger partial charge in [-0.15, -0.1) is 0 Å². The van der Waals surface area contributed by atoms with E-state index >= 15 is 0 Å². The van der Waals surface area contributed by atoms with Gasteiger partial charge in [-0.1, -0.05) is 28.1 Å². The number of aliphatic hydroxyl groups is 1. The largest absolute Gasteiger partial charge is 0.406 e. The molecule has 0 bridgehead atoms. The summed E-state index contributed by atoms with van der Waals surface area (Å²) in [5.74, 6) is -0.900. The lowest BCUT2D eigenvalue weighted by molar-refractivity contribution is -0.164. The molecule has 0 aromatic heterocycles. The number of nitrogens with zero attached hydrogens (tertiary/aromatic N) is 1. The Bertz CT molecular complexity index is 506. The van der Waals surface area contributed by atoms with E-state index in [0.717, 1.165) is 0 Å². The summed E-state index contributed by atoms with van der Waals surface area (Å²) in [5.41, 5.74) is -1.56. The lowest BCUT2D eigenvalue weighted by atomic mass is 9.92. The topological polar surface area (TPSA) is 40.5 Å². The molecule has 2 rings (SSSR count). The van der Waals surface area contributed by atoms with Crippen molar-refractivity contribution < 1.29 is 23.1 Å². The Labute approximate surface area is 116 Å². The number of carbonyl (C=O) groups excluding carboxylic acids is 1. The standard InChI is InChI=1S/C12H11BrF3NO2/c13-9-3-1-2-8(6-9)11(19)4-5-17(10(11)18)7-12(14,15)16/h1-3,6,19H,4-5,7H2. The molecule has 0 radical (unpaired) electrons. The van der Waals surface area contributed by atoms with Gasteiger partial charge in [-0.2, -0.15) is 13.2 Å². The van der Waals surface area contributed by atoms with Crippen LogP contribution in [0.3, 0.4) is 0 Å². The van der Waals surface area contributed by atoms with Crippen molar-refractivity contribution in [2.75, 3.05) is 13.1 Å². The van der Waals surface area contributed by atoms with Crippen molar-refractivity contribution in [2.24, 2.45) is 0 Å². The summed E-state index contributed by atoms with van der Waals surface area (Å²) in [6.07, 6.45) is -4.50. The van der Waals surface area contributed by atoms with Crippen LogP contribution in [0.4, 0.5) is 13.2 Å². The molecule has 0 saturated carbocycles. The average molecular weight is 338 g/mol. The average Bonchev–Trinajstić information content (AvgIpc) is 2.57. The summed E-state index contributed by atoms with van der Waals surface area (Å²) >= 11 is 3.20. The Morgan fingerprint density at radius 2 is 2.11 bits per heavy atom. The minimum absolute atomic E-state index is 0.0433. The first-order valence-electron chi connectivity index (χ1n) is 5.57. The van der Waals surface area contributed by atoms with Crippen molar-refractivity contribution in [3.8, 4) is 0 Å². The van der Waals surface area contributed by atoms with Gasteiger partial charge in [0.15, 0.2) is 5.60 Å². The molecule has 104 valence electrons. The Balaban J connectivity index is 2.25. The summed E-state index contributed by atoms with van der Waals surface area (Å²) in [6, 6.07) is 6.39. The van der Waals surface area contributed by atoms with Gasteiger partial charge in [0.1, 0.15) is 6.54 Å². The van der Waals surface area contributed by atoms with Gasteiger partial charge < -0.3 is 10.0 Å². The van der Waals surface area contributed by atoms with Crippen LogP contribution in [-0.4, -0.2) is 35.2 Å². The molecular formula is C12H11BrF3NO2. The Morgan fingerprint density at radius 3 is 2.68 bits per heavy atom. The molecule has 0 spiro atoms. The molecule has 1 N–H and O–H groups in total. The molecule has 1 aliphatic heterocycles. The second-order valence-electron chi connectivity index (χ2n) is 4.46. The maximum Gasteiger partial charge on any atom is 0.406 e. The monoisotopic (exact) mass is 337 g/mol. The lowest BCUT2D eigenvalue weighted by Crippen LogP contribution is -2.41. The van der Waals surface area contributed by atoms with Gasteiger partial charge in [-0.25, -0.2) is 0 Å². The molecule has 3 nitrogen and oxygen atoms in total. The van der Waals surface area contributed by atoms with Crippen molar-refractivity contribution in [1.82, 2.24) is 4.90 Å². The third kappa shape index (κ3) is 2.92. The predicted molar refractivity (Wildman–Crippen MR) is 65.3 cm³/mol. The molecule has 1 aromatic carbocycles. The zero-order valence-corrected chi connectivity index (χ0v) is 11.3. The van der Waals surface area contributed by atoms with Gasteiger partial charge in [0, 0.05) is 17.4 Å². The number of amides is 1. The minimum Gasteiger partial charge on any atom is -0.375 e. The van der Waals surface area contributed by atoms with Crippen LogP contribution < -0.4 is 0 Å². The highest BCUT2D eigenvalue weighted by atomic mass is 79.9. The summed E-state index contributed by atoms with van der Waals surface area (Å²) in [6.45, 7) is -1.44. The molecule has 1 aromatic rings. The molecule has 1 heterocycles. The fourth-order valence-electron chi connectivity index (χ4n) is 2.15. The highest BCUT2D eigenvalue weighted by Gasteiger charge is 2.49. The van der Waals surface area contributed by atoms with Crippen molar-refractivity contribution in [1.29, 1.82) is 0 Å². The number of likely N-dealkylation sites (tertiary alicyclic amines) is 1. The van der Waals surface area contributed by atoms with Crippen LogP contribution in [0.5, 0.6) is 0 Å². The molecule has 19 heavy (non-hydrogen) atoms. The summed E-state index contributed by atoms with van der Waals surface area (Å²) in [4.78, 5) is 12.6. The number of halogens is 4. The van der Waals surface area contributed by atoms with Crippen LogP contribution in [0.25, 0.3) is 0 Å². The molecule has 1 aliphatic rings. The van der Waals surface area contributed by atoms with Crippen molar-refractivity contribution in [2.45, 2.75) is 18.2 Å². The number of alkyl halides is 3. The van der Waals surface area contributed by atoms with Crippen LogP contribution in [0.2, 0.25) is 0 Å². The maximum atomic E-state index is 12.3. The molecular weight excluding hydrogens is 327 g/mol. The Hall–Kier alpha value is -1.08. The van der Waals surface area contributed by atoms with Crippen LogP contribution in [0, 0.1) is 0 Å². The third-order valence-electron chi connectivity index (χ3n) is 3.06. The maximum absolute atomic E-state index is 12.3. The van der Waals surface area contributed by atoms with E-state index in [-0.39, 0.29) is 13.0 Å². The molecule has 1 unspecified atom stereocenters. The molecule has 1 amide bonds. The minimum atomic E-state index is -4.46. The molecule has 1 fully saturated rings. The Kier molecular flexibility index (Phi) is 3.61. The van der Waals surface area contributed by atoms with Gasteiger partial charge >= 0.3 is 6.18 Å². The van der Waals surface area contributed by atoms with Gasteiger partial charge in [-0.3, -0.25) is 4.79 Å². The quantitative estimate of drug-likeness (QED) is 0.900. The summed E-state index contributed by atoms with van der Waals surface area (Å²) < 4.78 is 37.6. The highest BCUT2D eigenvalue weighted by molar-refractivity contribution is 9.10. The zero-order valence-electron chi connectivity index (χ0n) is 9.75. The summed E-state index contributed by atoms with van der Waals surface area (Å²) in [7, 11) is 0. The summed E-state index contributed by atoms with van der Waals surface area (Å²) in [5, 5.41) is 10.3. The number of rotatable bonds is 2. The number of carbonyl (C=O) groups is 1. The van der Waals surface area contributed by atoms with E-state index in [2.05, 4.69) is 15.9 Å². The second-order valence-corrected chi connectivity index (χ2v) is 5.38. The highest BCUT2D eigenvalue weighted by Crippen LogP contribution is 2.35. The van der Waals surface area contributed by atoms with Crippen LogP contribution in [-0.2, 0) is 10.4 Å².